The van der Waals surface area contributed by atoms with Crippen molar-refractivity contribution < 1.29 is 22.4 Å². The molecule has 0 radical (unpaired) electrons. The van der Waals surface area contributed by atoms with E-state index in [0.717, 1.165) is 5.71 Å². The van der Waals surface area contributed by atoms with Crippen LogP contribution in [0.5, 0.6) is 0 Å². The Labute approximate surface area is 98.3 Å². The molecule has 17 heavy (non-hydrogen) atoms. The highest BCUT2D eigenvalue weighted by Gasteiger charge is 2.27. The Balaban J connectivity index is 2.37. The van der Waals surface area contributed by atoms with E-state index in [1.807, 2.05) is 0 Å². The SMILES string of the molecule is CC1=[N+](c2ccc(S(=O)(=O)O)cc2)NC(=O)C1. The second-order valence-corrected chi connectivity index (χ2v) is 5.17. The largest absolute Gasteiger partial charge is 0.294 e. The third kappa shape index (κ3) is 2.34. The summed E-state index contributed by atoms with van der Waals surface area (Å²) in [6.07, 6.45) is 0.319. The molecule has 2 N–H and O–H groups in total. The van der Waals surface area contributed by atoms with E-state index in [9.17, 15) is 13.2 Å². The maximum atomic E-state index is 11.2. The molecule has 1 aromatic carbocycles. The average Bonchev–Trinajstić information content (AvgIpc) is 2.57. The van der Waals surface area contributed by atoms with Gasteiger partial charge in [-0.1, -0.05) is 4.68 Å². The zero-order valence-electron chi connectivity index (χ0n) is 9.04. The molecule has 0 saturated carbocycles. The molecule has 1 aromatic rings. The number of nitrogens with one attached hydrogen (secondary N) is 1. The number of rotatable bonds is 2. The lowest BCUT2D eigenvalue weighted by atomic mass is 10.3. The lowest BCUT2D eigenvalue weighted by Gasteiger charge is -1.99. The highest BCUT2D eigenvalue weighted by atomic mass is 32.2. The summed E-state index contributed by atoms with van der Waals surface area (Å²) in [7, 11) is -4.18. The van der Waals surface area contributed by atoms with Crippen molar-refractivity contribution in [3.63, 3.8) is 0 Å². The van der Waals surface area contributed by atoms with Crippen LogP contribution in [0.4, 0.5) is 5.69 Å². The van der Waals surface area contributed by atoms with E-state index in [2.05, 4.69) is 5.43 Å². The molecule has 6 nitrogen and oxygen atoms in total. The van der Waals surface area contributed by atoms with Crippen molar-refractivity contribution in [3.8, 4) is 0 Å². The summed E-state index contributed by atoms with van der Waals surface area (Å²) in [6, 6.07) is 5.58. The minimum Gasteiger partial charge on any atom is -0.282 e. The van der Waals surface area contributed by atoms with Gasteiger partial charge in [0.1, 0.15) is 6.42 Å². The quantitative estimate of drug-likeness (QED) is 0.594. The Morgan fingerprint density at radius 3 is 2.29 bits per heavy atom. The fourth-order valence-corrected chi connectivity index (χ4v) is 2.10. The molecule has 0 unspecified atom stereocenters. The average molecular weight is 255 g/mol. The number of carbonyl (C=O) groups is 1. The number of nitrogens with zero attached hydrogens (tertiary/aromatic N) is 1. The molecule has 0 spiro atoms. The van der Waals surface area contributed by atoms with Crippen LogP contribution in [0.15, 0.2) is 29.2 Å². The van der Waals surface area contributed by atoms with Gasteiger partial charge in [0.15, 0.2) is 5.71 Å². The first-order valence-corrected chi connectivity index (χ1v) is 6.31. The molecule has 0 aliphatic carbocycles. The third-order valence-electron chi connectivity index (χ3n) is 2.43. The van der Waals surface area contributed by atoms with Crippen LogP contribution in [0.3, 0.4) is 0 Å². The van der Waals surface area contributed by atoms with Crippen LogP contribution in [0, 0.1) is 0 Å². The minimum absolute atomic E-state index is 0.110. The number of amides is 1. The van der Waals surface area contributed by atoms with E-state index in [4.69, 9.17) is 4.55 Å². The number of carbonyl (C=O) groups excluding carboxylic acids is 1. The zero-order valence-corrected chi connectivity index (χ0v) is 9.86. The van der Waals surface area contributed by atoms with E-state index in [-0.39, 0.29) is 10.8 Å². The van der Waals surface area contributed by atoms with E-state index in [1.165, 1.54) is 24.3 Å². The summed E-state index contributed by atoms with van der Waals surface area (Å²) >= 11 is 0. The molecular weight excluding hydrogens is 244 g/mol. The zero-order chi connectivity index (χ0) is 12.6. The Morgan fingerprint density at radius 1 is 1.29 bits per heavy atom. The predicted molar refractivity (Wildman–Crippen MR) is 59.6 cm³/mol. The lowest BCUT2D eigenvalue weighted by molar-refractivity contribution is -0.486. The number of hydrogen-bond acceptors (Lipinski definition) is 3. The highest BCUT2D eigenvalue weighted by molar-refractivity contribution is 7.85. The van der Waals surface area contributed by atoms with Gasteiger partial charge in [-0.05, 0) is 12.1 Å². The van der Waals surface area contributed by atoms with Crippen molar-refractivity contribution >= 4 is 27.4 Å². The molecule has 1 amide bonds. The molecule has 0 atom stereocenters. The van der Waals surface area contributed by atoms with Crippen LogP contribution in [0.2, 0.25) is 0 Å². The number of hydrazone groups is 1. The number of hydrazine groups is 1. The fourth-order valence-electron chi connectivity index (χ4n) is 1.62. The lowest BCUT2D eigenvalue weighted by Crippen LogP contribution is -2.24. The van der Waals surface area contributed by atoms with E-state index >= 15 is 0 Å². The molecule has 0 bridgehead atoms. The molecular formula is C10H11N2O4S+. The van der Waals surface area contributed by atoms with Crippen molar-refractivity contribution in [2.24, 2.45) is 0 Å². The Bertz CT molecular complexity index is 602. The maximum absolute atomic E-state index is 11.2. The molecule has 1 aliphatic heterocycles. The van der Waals surface area contributed by atoms with Crippen molar-refractivity contribution in [2.45, 2.75) is 18.2 Å². The third-order valence-corrected chi connectivity index (χ3v) is 3.30. The first-order chi connectivity index (χ1) is 7.88. The van der Waals surface area contributed by atoms with Crippen molar-refractivity contribution in [2.75, 3.05) is 0 Å². The second-order valence-electron chi connectivity index (χ2n) is 3.75. The van der Waals surface area contributed by atoms with E-state index in [0.29, 0.717) is 12.1 Å². The van der Waals surface area contributed by atoms with Gasteiger partial charge in [0.25, 0.3) is 16.0 Å². The molecule has 90 valence electrons. The van der Waals surface area contributed by atoms with Crippen LogP contribution >= 0.6 is 0 Å². The van der Waals surface area contributed by atoms with Crippen LogP contribution in [0.25, 0.3) is 0 Å². The summed E-state index contributed by atoms with van der Waals surface area (Å²) in [4.78, 5) is 11.0. The fraction of sp³-hybridized carbons (Fsp3) is 0.200. The molecule has 0 saturated heterocycles. The first kappa shape index (κ1) is 11.7. The van der Waals surface area contributed by atoms with Gasteiger partial charge in [-0.2, -0.15) is 8.42 Å². The topological polar surface area (TPSA) is 86.5 Å². The van der Waals surface area contributed by atoms with Crippen LogP contribution < -0.4 is 5.43 Å². The molecule has 7 heteroatoms. The van der Waals surface area contributed by atoms with Crippen LogP contribution in [-0.4, -0.2) is 29.3 Å². The van der Waals surface area contributed by atoms with Gasteiger partial charge < -0.3 is 0 Å². The van der Waals surface area contributed by atoms with Gasteiger partial charge in [0.2, 0.25) is 5.69 Å². The van der Waals surface area contributed by atoms with Crippen LogP contribution in [0.1, 0.15) is 13.3 Å². The summed E-state index contributed by atoms with van der Waals surface area (Å²) in [6.45, 7) is 1.80. The molecule has 0 fully saturated rings. The van der Waals surface area contributed by atoms with Gasteiger partial charge in [-0.15, -0.1) is 5.43 Å². The molecule has 1 aliphatic rings. The van der Waals surface area contributed by atoms with Crippen molar-refractivity contribution in [3.05, 3.63) is 24.3 Å². The normalized spacial score (nSPS) is 16.2. The van der Waals surface area contributed by atoms with Gasteiger partial charge in [-0.3, -0.25) is 9.35 Å². The summed E-state index contributed by atoms with van der Waals surface area (Å²) in [5, 5.41) is 0. The van der Waals surface area contributed by atoms with Gasteiger partial charge >= 0.3 is 0 Å². The molecule has 1 heterocycles. The van der Waals surface area contributed by atoms with Gasteiger partial charge in [0.05, 0.1) is 4.90 Å². The maximum Gasteiger partial charge on any atom is 0.294 e. The molecule has 2 rings (SSSR count). The standard InChI is InChI=1S/C10H10N2O4S/c1-7-6-10(13)11-12(7)8-2-4-9(5-3-8)17(14,15)16/h2-5H,6H2,1H3,(H-,11,13,14,15,16)/p+1. The summed E-state index contributed by atoms with van der Waals surface area (Å²) < 4.78 is 32.1. The van der Waals surface area contributed by atoms with E-state index in [1.54, 1.807) is 11.6 Å². The van der Waals surface area contributed by atoms with Crippen LogP contribution in [-0.2, 0) is 14.9 Å². The van der Waals surface area contributed by atoms with E-state index < -0.39 is 10.1 Å². The Morgan fingerprint density at radius 2 is 1.88 bits per heavy atom. The molecule has 0 aromatic heterocycles. The van der Waals surface area contributed by atoms with Crippen molar-refractivity contribution in [1.82, 2.24) is 5.43 Å². The van der Waals surface area contributed by atoms with Gasteiger partial charge in [-0.25, -0.2) is 0 Å². The highest BCUT2D eigenvalue weighted by Crippen LogP contribution is 2.17. The smallest absolute Gasteiger partial charge is 0.282 e. The predicted octanol–water partition coefficient (Wildman–Crippen LogP) is 0.473. The Kier molecular flexibility index (Phi) is 2.72. The Hall–Kier alpha value is -1.73. The second kappa shape index (κ2) is 3.94. The van der Waals surface area contributed by atoms with Gasteiger partial charge in [0, 0.05) is 19.1 Å². The summed E-state index contributed by atoms with van der Waals surface area (Å²) in [5.74, 6) is -0.110. The number of hydrogen-bond donors (Lipinski definition) is 2. The first-order valence-electron chi connectivity index (χ1n) is 4.87. The minimum atomic E-state index is -4.18. The van der Waals surface area contributed by atoms with Crippen molar-refractivity contribution in [1.29, 1.82) is 0 Å². The number of benzene rings is 1. The summed E-state index contributed by atoms with van der Waals surface area (Å²) in [5.41, 5.74) is 4.09. The monoisotopic (exact) mass is 255 g/mol.